The number of carbonyl (C=O) groups is 1. The summed E-state index contributed by atoms with van der Waals surface area (Å²) in [5.74, 6) is -0.299. The maximum Gasteiger partial charge on any atom is 0.341 e. The lowest BCUT2D eigenvalue weighted by Crippen LogP contribution is -2.02. The molecule has 0 aliphatic rings. The van der Waals surface area contributed by atoms with Gasteiger partial charge in [-0.1, -0.05) is 0 Å². The second-order valence-electron chi connectivity index (χ2n) is 4.21. The molecule has 106 valence electrons. The van der Waals surface area contributed by atoms with E-state index >= 15 is 0 Å². The molecule has 0 spiro atoms. The van der Waals surface area contributed by atoms with Crippen LogP contribution in [-0.4, -0.2) is 23.2 Å². The van der Waals surface area contributed by atoms with Crippen molar-refractivity contribution in [2.45, 2.75) is 6.92 Å². The quantitative estimate of drug-likeness (QED) is 0.928. The van der Waals surface area contributed by atoms with E-state index in [2.05, 4.69) is 4.98 Å². The van der Waals surface area contributed by atoms with Gasteiger partial charge in [-0.2, -0.15) is 5.26 Å². The van der Waals surface area contributed by atoms with Crippen molar-refractivity contribution in [1.29, 1.82) is 5.26 Å². The van der Waals surface area contributed by atoms with Crippen LogP contribution in [0.25, 0.3) is 0 Å². The Hall–Kier alpha value is -3.07. The third kappa shape index (κ3) is 3.09. The fourth-order valence-electron chi connectivity index (χ4n) is 1.72. The Labute approximate surface area is 121 Å². The highest BCUT2D eigenvalue weighted by Crippen LogP contribution is 2.33. The lowest BCUT2D eigenvalue weighted by molar-refractivity contribution is 0.0693. The summed E-state index contributed by atoms with van der Waals surface area (Å²) in [6, 6.07) is 8.15. The molecule has 1 aromatic carbocycles. The van der Waals surface area contributed by atoms with E-state index in [1.807, 2.05) is 6.07 Å². The van der Waals surface area contributed by atoms with E-state index in [1.165, 1.54) is 25.4 Å². The highest BCUT2D eigenvalue weighted by Gasteiger charge is 2.15. The van der Waals surface area contributed by atoms with Crippen LogP contribution in [-0.2, 0) is 0 Å². The molecule has 2 rings (SSSR count). The molecule has 6 nitrogen and oxygen atoms in total. The van der Waals surface area contributed by atoms with Crippen molar-refractivity contribution in [2.75, 3.05) is 7.11 Å². The highest BCUT2D eigenvalue weighted by molar-refractivity contribution is 5.90. The van der Waals surface area contributed by atoms with Gasteiger partial charge in [0, 0.05) is 24.0 Å². The van der Waals surface area contributed by atoms with Crippen molar-refractivity contribution in [3.05, 3.63) is 47.3 Å². The van der Waals surface area contributed by atoms with Crippen LogP contribution in [0.5, 0.6) is 17.2 Å². The van der Waals surface area contributed by atoms with Gasteiger partial charge in [-0.25, -0.2) is 4.79 Å². The molecule has 0 unspecified atom stereocenters. The summed E-state index contributed by atoms with van der Waals surface area (Å²) in [7, 11) is 1.44. The van der Waals surface area contributed by atoms with Gasteiger partial charge in [0.15, 0.2) is 11.5 Å². The third-order valence-electron chi connectivity index (χ3n) is 2.75. The standard InChI is InChI=1S/C15H12N2O4/c1-9-5-13(11(8-17-9)15(18)19)21-12-4-3-10(7-16)6-14(12)20-2/h3-6,8H,1-2H3,(H,18,19). The van der Waals surface area contributed by atoms with Gasteiger partial charge in [0.2, 0.25) is 0 Å². The molecular weight excluding hydrogens is 272 g/mol. The Bertz CT molecular complexity index is 735. The Balaban J connectivity index is 2.45. The van der Waals surface area contributed by atoms with E-state index in [0.29, 0.717) is 22.8 Å². The lowest BCUT2D eigenvalue weighted by Gasteiger charge is -2.12. The maximum atomic E-state index is 11.2. The number of rotatable bonds is 4. The monoisotopic (exact) mass is 284 g/mol. The summed E-state index contributed by atoms with van der Waals surface area (Å²) in [5, 5.41) is 18.0. The van der Waals surface area contributed by atoms with Gasteiger partial charge in [-0.3, -0.25) is 4.98 Å². The molecule has 0 aliphatic carbocycles. The molecule has 0 aliphatic heterocycles. The second-order valence-corrected chi connectivity index (χ2v) is 4.21. The number of pyridine rings is 1. The minimum Gasteiger partial charge on any atom is -0.493 e. The first-order valence-corrected chi connectivity index (χ1v) is 6.01. The fraction of sp³-hybridized carbons (Fsp3) is 0.133. The normalized spacial score (nSPS) is 9.76. The van der Waals surface area contributed by atoms with Crippen LogP contribution in [0.1, 0.15) is 21.6 Å². The van der Waals surface area contributed by atoms with Gasteiger partial charge >= 0.3 is 5.97 Å². The number of aryl methyl sites for hydroxylation is 1. The molecule has 21 heavy (non-hydrogen) atoms. The summed E-state index contributed by atoms with van der Waals surface area (Å²) in [4.78, 5) is 15.1. The molecule has 0 fully saturated rings. The van der Waals surface area contributed by atoms with Crippen LogP contribution in [0.3, 0.4) is 0 Å². The number of carboxylic acids is 1. The average molecular weight is 284 g/mol. The molecule has 6 heteroatoms. The van der Waals surface area contributed by atoms with E-state index < -0.39 is 5.97 Å². The summed E-state index contributed by atoms with van der Waals surface area (Å²) < 4.78 is 10.8. The maximum absolute atomic E-state index is 11.2. The van der Waals surface area contributed by atoms with Crippen LogP contribution < -0.4 is 9.47 Å². The minimum absolute atomic E-state index is 0.0491. The van der Waals surface area contributed by atoms with Gasteiger partial charge in [0.1, 0.15) is 11.3 Å². The zero-order valence-electron chi connectivity index (χ0n) is 11.5. The average Bonchev–Trinajstić information content (AvgIpc) is 2.47. The largest absolute Gasteiger partial charge is 0.493 e. The predicted octanol–water partition coefficient (Wildman–Crippen LogP) is 2.76. The Morgan fingerprint density at radius 1 is 1.29 bits per heavy atom. The number of aromatic nitrogens is 1. The Morgan fingerprint density at radius 2 is 2.05 bits per heavy atom. The van der Waals surface area contributed by atoms with Gasteiger partial charge in [-0.05, 0) is 19.1 Å². The fourth-order valence-corrected chi connectivity index (χ4v) is 1.72. The summed E-state index contributed by atoms with van der Waals surface area (Å²) >= 11 is 0. The summed E-state index contributed by atoms with van der Waals surface area (Å²) in [5.41, 5.74) is 0.998. The van der Waals surface area contributed by atoms with E-state index in [0.717, 1.165) is 0 Å². The van der Waals surface area contributed by atoms with Gasteiger partial charge in [-0.15, -0.1) is 0 Å². The smallest absolute Gasteiger partial charge is 0.341 e. The number of methoxy groups -OCH3 is 1. The van der Waals surface area contributed by atoms with Crippen molar-refractivity contribution in [3.63, 3.8) is 0 Å². The van der Waals surface area contributed by atoms with E-state index in [4.69, 9.17) is 19.8 Å². The first kappa shape index (κ1) is 14.3. The van der Waals surface area contributed by atoms with Crippen molar-refractivity contribution >= 4 is 5.97 Å². The first-order chi connectivity index (χ1) is 10.0. The van der Waals surface area contributed by atoms with Crippen molar-refractivity contribution in [1.82, 2.24) is 4.98 Å². The van der Waals surface area contributed by atoms with E-state index in [1.54, 1.807) is 19.1 Å². The third-order valence-corrected chi connectivity index (χ3v) is 2.75. The number of nitrogens with zero attached hydrogens (tertiary/aromatic N) is 2. The molecule has 0 bridgehead atoms. The van der Waals surface area contributed by atoms with Crippen molar-refractivity contribution in [3.8, 4) is 23.3 Å². The first-order valence-electron chi connectivity index (χ1n) is 6.01. The molecular formula is C15H12N2O4. The van der Waals surface area contributed by atoms with Crippen molar-refractivity contribution < 1.29 is 19.4 Å². The molecule has 0 amide bonds. The van der Waals surface area contributed by atoms with Crippen LogP contribution in [0.2, 0.25) is 0 Å². The molecule has 0 atom stereocenters. The van der Waals surface area contributed by atoms with Gasteiger partial charge in [0.25, 0.3) is 0 Å². The lowest BCUT2D eigenvalue weighted by atomic mass is 10.2. The zero-order chi connectivity index (χ0) is 15.4. The number of benzene rings is 1. The molecule has 1 aromatic heterocycles. The minimum atomic E-state index is -1.13. The van der Waals surface area contributed by atoms with E-state index in [9.17, 15) is 4.79 Å². The Morgan fingerprint density at radius 3 is 2.67 bits per heavy atom. The number of hydrogen-bond acceptors (Lipinski definition) is 5. The molecule has 0 saturated heterocycles. The second kappa shape index (κ2) is 5.92. The topological polar surface area (TPSA) is 92.4 Å². The van der Waals surface area contributed by atoms with Crippen LogP contribution >= 0.6 is 0 Å². The molecule has 1 N–H and O–H groups in total. The molecule has 0 saturated carbocycles. The van der Waals surface area contributed by atoms with Crippen molar-refractivity contribution in [2.24, 2.45) is 0 Å². The number of nitriles is 1. The summed E-state index contributed by atoms with van der Waals surface area (Å²) in [6.45, 7) is 1.73. The summed E-state index contributed by atoms with van der Waals surface area (Å²) in [6.07, 6.45) is 1.24. The number of hydrogen-bond donors (Lipinski definition) is 1. The molecule has 2 aromatic rings. The Kier molecular flexibility index (Phi) is 4.05. The zero-order valence-corrected chi connectivity index (χ0v) is 11.5. The van der Waals surface area contributed by atoms with Crippen LogP contribution in [0.15, 0.2) is 30.5 Å². The van der Waals surface area contributed by atoms with Gasteiger partial charge < -0.3 is 14.6 Å². The number of ether oxygens (including phenoxy) is 2. The molecule has 1 heterocycles. The number of carboxylic acid groups (broad SMARTS) is 1. The van der Waals surface area contributed by atoms with Crippen LogP contribution in [0.4, 0.5) is 0 Å². The van der Waals surface area contributed by atoms with Gasteiger partial charge in [0.05, 0.1) is 18.7 Å². The molecule has 0 radical (unpaired) electrons. The predicted molar refractivity (Wildman–Crippen MR) is 73.7 cm³/mol. The highest BCUT2D eigenvalue weighted by atomic mass is 16.5. The van der Waals surface area contributed by atoms with Crippen LogP contribution in [0, 0.1) is 18.3 Å². The SMILES string of the molecule is COc1cc(C#N)ccc1Oc1cc(C)ncc1C(=O)O. The number of aromatic carboxylic acids is 1. The van der Waals surface area contributed by atoms with E-state index in [-0.39, 0.29) is 11.3 Å².